The molecule has 0 bridgehead atoms. The smallest absolute Gasteiger partial charge is 0.411 e. The van der Waals surface area contributed by atoms with Gasteiger partial charge < -0.3 is 9.64 Å². The quantitative estimate of drug-likeness (QED) is 0.622. The zero-order valence-electron chi connectivity index (χ0n) is 18.5. The molecule has 5 nitrogen and oxygen atoms in total. The van der Waals surface area contributed by atoms with Crippen molar-refractivity contribution < 1.29 is 14.3 Å². The third-order valence-corrected chi connectivity index (χ3v) is 6.43. The Kier molecular flexibility index (Phi) is 5.61. The number of carbonyl (C=O) groups excluding carboxylic acids is 2. The molecule has 162 valence electrons. The van der Waals surface area contributed by atoms with Gasteiger partial charge in [-0.2, -0.15) is 0 Å². The fraction of sp³-hybridized carbons (Fsp3) is 0.385. The molecular weight excluding hydrogens is 388 g/mol. The summed E-state index contributed by atoms with van der Waals surface area (Å²) < 4.78 is 5.34. The zero-order valence-corrected chi connectivity index (χ0v) is 18.5. The number of anilines is 1. The third-order valence-electron chi connectivity index (χ3n) is 6.43. The van der Waals surface area contributed by atoms with Crippen molar-refractivity contribution in [2.45, 2.75) is 44.6 Å². The minimum atomic E-state index is -0.502. The predicted octanol–water partition coefficient (Wildman–Crippen LogP) is 5.28. The Morgan fingerprint density at radius 2 is 1.77 bits per heavy atom. The molecule has 0 aliphatic heterocycles. The van der Waals surface area contributed by atoms with Crippen LogP contribution in [0.3, 0.4) is 0 Å². The van der Waals surface area contributed by atoms with Gasteiger partial charge in [0.2, 0.25) is 0 Å². The molecular formula is C26H30N2O3. The van der Waals surface area contributed by atoms with Crippen molar-refractivity contribution in [3.8, 4) is 0 Å². The Labute approximate surface area is 184 Å². The van der Waals surface area contributed by atoms with Gasteiger partial charge in [0, 0.05) is 31.6 Å². The average Bonchev–Trinajstić information content (AvgIpc) is 3.51. The first kappa shape index (κ1) is 21.2. The highest BCUT2D eigenvalue weighted by atomic mass is 16.5. The van der Waals surface area contributed by atoms with Crippen molar-refractivity contribution >= 4 is 17.6 Å². The van der Waals surface area contributed by atoms with Crippen LogP contribution in [0.25, 0.3) is 0 Å². The maximum atomic E-state index is 13.5. The highest BCUT2D eigenvalue weighted by Gasteiger charge is 2.64. The van der Waals surface area contributed by atoms with Crippen LogP contribution in [0.1, 0.15) is 43.7 Å². The van der Waals surface area contributed by atoms with Crippen LogP contribution >= 0.6 is 0 Å². The molecule has 2 aliphatic rings. The molecule has 2 fully saturated rings. The van der Waals surface area contributed by atoms with Crippen LogP contribution in [-0.2, 0) is 21.6 Å². The van der Waals surface area contributed by atoms with Gasteiger partial charge in [-0.15, -0.1) is 0 Å². The van der Waals surface area contributed by atoms with E-state index in [-0.39, 0.29) is 12.4 Å². The molecule has 1 amide bonds. The molecule has 2 aliphatic carbocycles. The molecule has 2 aromatic rings. The number of benzene rings is 2. The molecule has 0 heterocycles. The van der Waals surface area contributed by atoms with Crippen LogP contribution in [0.5, 0.6) is 0 Å². The highest BCUT2D eigenvalue weighted by molar-refractivity contribution is 6.04. The lowest BCUT2D eigenvalue weighted by molar-refractivity contribution is -0.126. The predicted molar refractivity (Wildman–Crippen MR) is 122 cm³/mol. The number of ketones is 1. The second kappa shape index (κ2) is 8.22. The van der Waals surface area contributed by atoms with Gasteiger partial charge in [0.1, 0.15) is 6.61 Å². The monoisotopic (exact) mass is 418 g/mol. The number of Topliss-reactive ketones (excluding diaryl/α,β-unsaturated/α-hetero) is 1. The Hall–Kier alpha value is -3.08. The minimum Gasteiger partial charge on any atom is -0.444 e. The van der Waals surface area contributed by atoms with E-state index in [9.17, 15) is 9.59 Å². The number of nitrogens with one attached hydrogen (secondary N) is 1. The van der Waals surface area contributed by atoms with Gasteiger partial charge in [0.15, 0.2) is 5.78 Å². The van der Waals surface area contributed by atoms with Gasteiger partial charge >= 0.3 is 6.09 Å². The van der Waals surface area contributed by atoms with Crippen LogP contribution in [0.15, 0.2) is 66.4 Å². The molecule has 31 heavy (non-hydrogen) atoms. The molecule has 0 atom stereocenters. The maximum absolute atomic E-state index is 13.5. The molecule has 4 rings (SSSR count). The van der Waals surface area contributed by atoms with Crippen molar-refractivity contribution in [1.82, 2.24) is 4.90 Å². The van der Waals surface area contributed by atoms with Gasteiger partial charge in [0.05, 0.1) is 5.41 Å². The number of allylic oxidation sites excluding steroid dienone is 1. The number of hydrogen-bond donors (Lipinski definition) is 1. The molecule has 1 spiro atoms. The maximum Gasteiger partial charge on any atom is 0.411 e. The van der Waals surface area contributed by atoms with Crippen LogP contribution < -0.4 is 5.32 Å². The number of carbonyl (C=O) groups is 2. The summed E-state index contributed by atoms with van der Waals surface area (Å²) >= 11 is 0. The van der Waals surface area contributed by atoms with Gasteiger partial charge in [-0.1, -0.05) is 42.5 Å². The third kappa shape index (κ3) is 4.50. The zero-order chi connectivity index (χ0) is 22.1. The van der Waals surface area contributed by atoms with Crippen molar-refractivity contribution in [1.29, 1.82) is 0 Å². The summed E-state index contributed by atoms with van der Waals surface area (Å²) in [7, 11) is 3.86. The molecule has 0 unspecified atom stereocenters. The normalized spacial score (nSPS) is 18.1. The first-order valence-corrected chi connectivity index (χ1v) is 10.8. The molecule has 0 radical (unpaired) electrons. The van der Waals surface area contributed by atoms with E-state index in [1.807, 2.05) is 86.7 Å². The first-order valence-electron chi connectivity index (χ1n) is 10.8. The Morgan fingerprint density at radius 3 is 2.42 bits per heavy atom. The highest BCUT2D eigenvalue weighted by Crippen LogP contribution is 2.69. The summed E-state index contributed by atoms with van der Waals surface area (Å²) in [5.41, 5.74) is 3.17. The summed E-state index contributed by atoms with van der Waals surface area (Å²) in [5, 5.41) is 2.81. The van der Waals surface area contributed by atoms with Crippen molar-refractivity contribution in [3.05, 3.63) is 77.5 Å². The topological polar surface area (TPSA) is 58.6 Å². The lowest BCUT2D eigenvalue weighted by Gasteiger charge is -2.48. The molecule has 5 heteroatoms. The van der Waals surface area contributed by atoms with E-state index in [0.717, 1.165) is 29.5 Å². The molecule has 2 saturated carbocycles. The van der Waals surface area contributed by atoms with E-state index >= 15 is 0 Å². The van der Waals surface area contributed by atoms with E-state index < -0.39 is 11.5 Å². The molecule has 2 aromatic carbocycles. The minimum absolute atomic E-state index is 0.183. The van der Waals surface area contributed by atoms with E-state index in [0.29, 0.717) is 11.1 Å². The summed E-state index contributed by atoms with van der Waals surface area (Å²) in [5.74, 6) is 0.183. The second-order valence-electron chi connectivity index (χ2n) is 9.31. The van der Waals surface area contributed by atoms with Crippen molar-refractivity contribution in [3.63, 3.8) is 0 Å². The molecule has 0 aromatic heterocycles. The summed E-state index contributed by atoms with van der Waals surface area (Å²) in [6.07, 6.45) is 5.59. The average molecular weight is 419 g/mol. The number of ether oxygens (including phenoxy) is 1. The van der Waals surface area contributed by atoms with Gasteiger partial charge in [-0.05, 0) is 61.3 Å². The molecule has 0 saturated heterocycles. The van der Waals surface area contributed by atoms with Crippen molar-refractivity contribution in [2.24, 2.45) is 5.41 Å². The first-order chi connectivity index (χ1) is 14.8. The Balaban J connectivity index is 1.50. The van der Waals surface area contributed by atoms with Gasteiger partial charge in [-0.3, -0.25) is 10.1 Å². The lowest BCUT2D eigenvalue weighted by Crippen LogP contribution is -2.49. The van der Waals surface area contributed by atoms with E-state index in [1.54, 1.807) is 0 Å². The van der Waals surface area contributed by atoms with E-state index in [1.165, 1.54) is 12.8 Å². The number of rotatable bonds is 7. The number of nitrogens with zero attached hydrogens (tertiary/aromatic N) is 1. The fourth-order valence-electron chi connectivity index (χ4n) is 4.85. The summed E-state index contributed by atoms with van der Waals surface area (Å²) in [6.45, 7) is 2.11. The van der Waals surface area contributed by atoms with Gasteiger partial charge in [0.25, 0.3) is 0 Å². The van der Waals surface area contributed by atoms with Crippen LogP contribution in [0, 0.1) is 5.41 Å². The van der Waals surface area contributed by atoms with Crippen molar-refractivity contribution in [2.75, 3.05) is 19.4 Å². The van der Waals surface area contributed by atoms with Crippen LogP contribution in [-0.4, -0.2) is 30.9 Å². The Morgan fingerprint density at radius 1 is 1.06 bits per heavy atom. The van der Waals surface area contributed by atoms with E-state index in [2.05, 4.69) is 5.32 Å². The Bertz CT molecular complexity index is 998. The van der Waals surface area contributed by atoms with Crippen LogP contribution in [0.2, 0.25) is 0 Å². The van der Waals surface area contributed by atoms with Gasteiger partial charge in [-0.25, -0.2) is 4.79 Å². The number of hydrogen-bond acceptors (Lipinski definition) is 4. The SMILES string of the molecule is C/C(=C\N(C)C)C(=O)C1(c2cccc(NC(=O)OCc3ccccc3)c2)CC2(CC2)C1. The standard InChI is InChI=1S/C26H30N2O3/c1-19(15-28(2)3)23(29)26(17-25(18-26)12-13-25)21-10-7-11-22(14-21)27-24(30)31-16-20-8-5-4-6-9-20/h4-11,14-15H,12-13,16-18H2,1-3H3,(H,27,30)/b19-15+. The fourth-order valence-corrected chi connectivity index (χ4v) is 4.85. The largest absolute Gasteiger partial charge is 0.444 e. The molecule has 1 N–H and O–H groups in total. The number of amides is 1. The summed E-state index contributed by atoms with van der Waals surface area (Å²) in [4.78, 5) is 27.7. The van der Waals surface area contributed by atoms with E-state index in [4.69, 9.17) is 4.74 Å². The lowest BCUT2D eigenvalue weighted by atomic mass is 9.53. The second-order valence-corrected chi connectivity index (χ2v) is 9.31. The van der Waals surface area contributed by atoms with Crippen LogP contribution in [0.4, 0.5) is 10.5 Å². The summed E-state index contributed by atoms with van der Waals surface area (Å²) in [6, 6.07) is 17.3.